The lowest BCUT2D eigenvalue weighted by Crippen LogP contribution is -1.99. The molecule has 86 valence electrons. The SMILES string of the molecule is CC#CC.O=C(O)c1ccc2ccccc2n1. The molecule has 0 spiro atoms. The topological polar surface area (TPSA) is 50.2 Å². The monoisotopic (exact) mass is 227 g/mol. The molecular formula is C14H13NO2. The highest BCUT2D eigenvalue weighted by atomic mass is 16.4. The van der Waals surface area contributed by atoms with Crippen LogP contribution in [-0.2, 0) is 0 Å². The molecule has 0 unspecified atom stereocenters. The Morgan fingerprint density at radius 3 is 2.35 bits per heavy atom. The number of carbonyl (C=O) groups is 1. The maximum Gasteiger partial charge on any atom is 0.354 e. The molecule has 0 fully saturated rings. The summed E-state index contributed by atoms with van der Waals surface area (Å²) in [5.41, 5.74) is 0.793. The number of carboxylic acids is 1. The van der Waals surface area contributed by atoms with Crippen LogP contribution in [0.5, 0.6) is 0 Å². The fourth-order valence-corrected chi connectivity index (χ4v) is 1.19. The average Bonchev–Trinajstić information content (AvgIpc) is 2.38. The minimum atomic E-state index is -0.995. The number of para-hydroxylation sites is 1. The normalized spacial score (nSPS) is 8.59. The highest BCUT2D eigenvalue weighted by Gasteiger charge is 2.03. The largest absolute Gasteiger partial charge is 0.477 e. The van der Waals surface area contributed by atoms with E-state index in [4.69, 9.17) is 5.11 Å². The fraction of sp³-hybridized carbons (Fsp3) is 0.143. The van der Waals surface area contributed by atoms with Gasteiger partial charge in [-0.1, -0.05) is 24.3 Å². The van der Waals surface area contributed by atoms with Crippen LogP contribution in [0.2, 0.25) is 0 Å². The van der Waals surface area contributed by atoms with Crippen LogP contribution in [0.25, 0.3) is 10.9 Å². The Balaban J connectivity index is 0.000000317. The molecule has 0 aliphatic heterocycles. The number of rotatable bonds is 1. The third-order valence-corrected chi connectivity index (χ3v) is 2.07. The first-order valence-electron chi connectivity index (χ1n) is 5.11. The molecule has 3 nitrogen and oxygen atoms in total. The molecule has 3 heteroatoms. The third kappa shape index (κ3) is 3.62. The van der Waals surface area contributed by atoms with Crippen LogP contribution in [0.15, 0.2) is 36.4 Å². The smallest absolute Gasteiger partial charge is 0.354 e. The molecule has 0 amide bonds. The van der Waals surface area contributed by atoms with Gasteiger partial charge in [-0.05, 0) is 26.0 Å². The molecule has 0 saturated carbocycles. The number of aromatic nitrogens is 1. The van der Waals surface area contributed by atoms with Crippen LogP contribution in [0.4, 0.5) is 0 Å². The second-order valence-corrected chi connectivity index (χ2v) is 3.19. The van der Waals surface area contributed by atoms with Crippen molar-refractivity contribution in [1.29, 1.82) is 0 Å². The molecule has 0 aliphatic rings. The predicted molar refractivity (Wildman–Crippen MR) is 67.8 cm³/mol. The minimum absolute atomic E-state index is 0.0821. The van der Waals surface area contributed by atoms with Crippen molar-refractivity contribution in [2.75, 3.05) is 0 Å². The van der Waals surface area contributed by atoms with Crippen LogP contribution in [-0.4, -0.2) is 16.1 Å². The number of benzene rings is 1. The van der Waals surface area contributed by atoms with E-state index >= 15 is 0 Å². The van der Waals surface area contributed by atoms with Crippen molar-refractivity contribution in [3.8, 4) is 11.8 Å². The van der Waals surface area contributed by atoms with Gasteiger partial charge in [0.25, 0.3) is 0 Å². The van der Waals surface area contributed by atoms with Gasteiger partial charge < -0.3 is 5.11 Å². The van der Waals surface area contributed by atoms with E-state index in [1.807, 2.05) is 32.0 Å². The number of hydrogen-bond donors (Lipinski definition) is 1. The Hall–Kier alpha value is -2.34. The van der Waals surface area contributed by atoms with E-state index in [0.29, 0.717) is 5.52 Å². The zero-order valence-corrected chi connectivity index (χ0v) is 9.77. The maximum absolute atomic E-state index is 10.6. The van der Waals surface area contributed by atoms with Crippen molar-refractivity contribution in [2.24, 2.45) is 0 Å². The van der Waals surface area contributed by atoms with Crippen molar-refractivity contribution < 1.29 is 9.90 Å². The van der Waals surface area contributed by atoms with Gasteiger partial charge >= 0.3 is 5.97 Å². The number of fused-ring (bicyclic) bond motifs is 1. The van der Waals surface area contributed by atoms with Gasteiger partial charge in [0.15, 0.2) is 0 Å². The third-order valence-electron chi connectivity index (χ3n) is 2.07. The first-order valence-corrected chi connectivity index (χ1v) is 5.11. The highest BCUT2D eigenvalue weighted by Crippen LogP contribution is 2.11. The van der Waals surface area contributed by atoms with Crippen molar-refractivity contribution >= 4 is 16.9 Å². The number of nitrogens with zero attached hydrogens (tertiary/aromatic N) is 1. The number of carboxylic acid groups (broad SMARTS) is 1. The number of hydrogen-bond acceptors (Lipinski definition) is 2. The quantitative estimate of drug-likeness (QED) is 0.762. The lowest BCUT2D eigenvalue weighted by atomic mass is 10.2. The van der Waals surface area contributed by atoms with Crippen LogP contribution >= 0.6 is 0 Å². The molecule has 0 bridgehead atoms. The summed E-state index contributed by atoms with van der Waals surface area (Å²) >= 11 is 0. The average molecular weight is 227 g/mol. The lowest BCUT2D eigenvalue weighted by molar-refractivity contribution is 0.0691. The van der Waals surface area contributed by atoms with Gasteiger partial charge in [0.1, 0.15) is 5.69 Å². The summed E-state index contributed by atoms with van der Waals surface area (Å²) in [6, 6.07) is 10.7. The maximum atomic E-state index is 10.6. The van der Waals surface area contributed by atoms with Crippen molar-refractivity contribution in [2.45, 2.75) is 13.8 Å². The molecule has 2 aromatic rings. The van der Waals surface area contributed by atoms with Gasteiger partial charge in [-0.3, -0.25) is 0 Å². The molecule has 1 heterocycles. The first kappa shape index (κ1) is 12.7. The summed E-state index contributed by atoms with van der Waals surface area (Å²) in [6.07, 6.45) is 0. The zero-order chi connectivity index (χ0) is 12.7. The zero-order valence-electron chi connectivity index (χ0n) is 9.77. The fourth-order valence-electron chi connectivity index (χ4n) is 1.19. The highest BCUT2D eigenvalue weighted by molar-refractivity contribution is 5.89. The molecule has 0 atom stereocenters. The van der Waals surface area contributed by atoms with Gasteiger partial charge in [-0.15, -0.1) is 11.8 Å². The second kappa shape index (κ2) is 6.29. The van der Waals surface area contributed by atoms with Crippen molar-refractivity contribution in [3.63, 3.8) is 0 Å². The van der Waals surface area contributed by atoms with Crippen molar-refractivity contribution in [1.82, 2.24) is 4.98 Å². The first-order chi connectivity index (χ1) is 8.19. The van der Waals surface area contributed by atoms with Gasteiger partial charge in [-0.2, -0.15) is 0 Å². The van der Waals surface area contributed by atoms with Gasteiger partial charge in [0.05, 0.1) is 5.52 Å². The van der Waals surface area contributed by atoms with E-state index in [0.717, 1.165) is 5.39 Å². The summed E-state index contributed by atoms with van der Waals surface area (Å²) < 4.78 is 0. The Morgan fingerprint density at radius 1 is 1.12 bits per heavy atom. The number of aromatic carboxylic acids is 1. The molecule has 1 aromatic carbocycles. The summed E-state index contributed by atoms with van der Waals surface area (Å²) in [7, 11) is 0. The van der Waals surface area contributed by atoms with Crippen LogP contribution < -0.4 is 0 Å². The predicted octanol–water partition coefficient (Wildman–Crippen LogP) is 2.96. The molecule has 0 saturated heterocycles. The van der Waals surface area contributed by atoms with E-state index in [1.54, 1.807) is 12.1 Å². The summed E-state index contributed by atoms with van der Waals surface area (Å²) in [4.78, 5) is 14.6. The van der Waals surface area contributed by atoms with Crippen LogP contribution in [0.1, 0.15) is 24.3 Å². The standard InChI is InChI=1S/C10H7NO2.C4H6/c12-10(13)9-6-5-7-3-1-2-4-8(7)11-9;1-3-4-2/h1-6H,(H,12,13);1-2H3. The Kier molecular flexibility index (Phi) is 4.71. The molecule has 17 heavy (non-hydrogen) atoms. The Bertz CT molecular complexity index is 573. The summed E-state index contributed by atoms with van der Waals surface area (Å²) in [5.74, 6) is 4.37. The van der Waals surface area contributed by atoms with Crippen LogP contribution in [0, 0.1) is 11.8 Å². The second-order valence-electron chi connectivity index (χ2n) is 3.19. The van der Waals surface area contributed by atoms with Gasteiger partial charge in [0, 0.05) is 5.39 Å². The van der Waals surface area contributed by atoms with E-state index in [9.17, 15) is 4.79 Å². The van der Waals surface area contributed by atoms with E-state index < -0.39 is 5.97 Å². The summed E-state index contributed by atoms with van der Waals surface area (Å²) in [6.45, 7) is 3.64. The van der Waals surface area contributed by atoms with Gasteiger partial charge in [-0.25, -0.2) is 9.78 Å². The van der Waals surface area contributed by atoms with Crippen LogP contribution in [0.3, 0.4) is 0 Å². The molecule has 0 aliphatic carbocycles. The van der Waals surface area contributed by atoms with Gasteiger partial charge in [0.2, 0.25) is 0 Å². The molecule has 1 N–H and O–H groups in total. The summed E-state index contributed by atoms with van der Waals surface area (Å²) in [5, 5.41) is 9.63. The van der Waals surface area contributed by atoms with E-state index in [-0.39, 0.29) is 5.69 Å². The minimum Gasteiger partial charge on any atom is -0.477 e. The molecular weight excluding hydrogens is 214 g/mol. The van der Waals surface area contributed by atoms with E-state index in [2.05, 4.69) is 16.8 Å². The number of pyridine rings is 1. The molecule has 0 radical (unpaired) electrons. The Labute approximate surface area is 100 Å². The molecule has 1 aromatic heterocycles. The van der Waals surface area contributed by atoms with E-state index in [1.165, 1.54) is 6.07 Å². The van der Waals surface area contributed by atoms with Crippen molar-refractivity contribution in [3.05, 3.63) is 42.1 Å². The lowest BCUT2D eigenvalue weighted by Gasteiger charge is -1.97. The molecule has 2 rings (SSSR count). The Morgan fingerprint density at radius 2 is 1.76 bits per heavy atom.